The van der Waals surface area contributed by atoms with E-state index >= 15 is 0 Å². The van der Waals surface area contributed by atoms with Crippen LogP contribution < -0.4 is 0 Å². The third kappa shape index (κ3) is 8.39. The van der Waals surface area contributed by atoms with Gasteiger partial charge in [-0.05, 0) is 19.8 Å². The van der Waals surface area contributed by atoms with E-state index in [0.29, 0.717) is 12.8 Å². The maximum atomic E-state index is 11.6. The first-order valence-corrected chi connectivity index (χ1v) is 8.20. The lowest BCUT2D eigenvalue weighted by atomic mass is 10.0. The fourth-order valence-corrected chi connectivity index (χ4v) is 1.98. The summed E-state index contributed by atoms with van der Waals surface area (Å²) in [4.78, 5) is 11.6. The van der Waals surface area contributed by atoms with Crippen molar-refractivity contribution in [3.05, 3.63) is 0 Å². The van der Waals surface area contributed by atoms with Crippen molar-refractivity contribution in [2.45, 2.75) is 96.6 Å². The van der Waals surface area contributed by atoms with Gasteiger partial charge >= 0.3 is 5.97 Å². The predicted octanol–water partition coefficient (Wildman–Crippen LogP) is 2.51. The van der Waals surface area contributed by atoms with Gasteiger partial charge < -0.3 is 20.1 Å². The molecule has 0 aromatic carbocycles. The molecule has 0 radical (unpaired) electrons. The Kier molecular flexibility index (Phi) is 10.6. The van der Waals surface area contributed by atoms with Gasteiger partial charge in [0.05, 0.1) is 6.10 Å². The Morgan fingerprint density at radius 3 is 2.10 bits per heavy atom. The molecule has 0 heterocycles. The fraction of sp³-hybridized carbons (Fsp3) is 0.938. The molecule has 0 bridgehead atoms. The monoisotopic (exact) mass is 304 g/mol. The molecule has 0 rings (SSSR count). The second-order valence-electron chi connectivity index (χ2n) is 5.78. The molecule has 0 aliphatic carbocycles. The second-order valence-corrected chi connectivity index (χ2v) is 5.78. The molecule has 0 aliphatic rings. The van der Waals surface area contributed by atoms with Crippen LogP contribution in [0.2, 0.25) is 0 Å². The van der Waals surface area contributed by atoms with E-state index in [1.165, 1.54) is 19.3 Å². The number of hydrogen-bond acceptors (Lipinski definition) is 5. The van der Waals surface area contributed by atoms with E-state index in [0.717, 1.165) is 19.3 Å². The average molecular weight is 304 g/mol. The summed E-state index contributed by atoms with van der Waals surface area (Å²) in [6.45, 7) is 5.65. The van der Waals surface area contributed by atoms with E-state index in [1.54, 1.807) is 6.92 Å². The van der Waals surface area contributed by atoms with Crippen molar-refractivity contribution >= 4 is 5.97 Å². The summed E-state index contributed by atoms with van der Waals surface area (Å²) in [7, 11) is 0. The molecule has 21 heavy (non-hydrogen) atoms. The molecule has 0 saturated heterocycles. The van der Waals surface area contributed by atoms with Gasteiger partial charge in [-0.15, -0.1) is 0 Å². The summed E-state index contributed by atoms with van der Waals surface area (Å²) in [5, 5.41) is 29.2. The Morgan fingerprint density at radius 1 is 1.05 bits per heavy atom. The van der Waals surface area contributed by atoms with Crippen molar-refractivity contribution in [2.24, 2.45) is 0 Å². The second kappa shape index (κ2) is 11.0. The maximum Gasteiger partial charge on any atom is 0.369 e. The first-order chi connectivity index (χ1) is 9.86. The normalized spacial score (nSPS) is 14.8. The van der Waals surface area contributed by atoms with Crippen LogP contribution in [0.15, 0.2) is 0 Å². The Hall–Kier alpha value is -0.650. The number of carbonyl (C=O) groups excluding carboxylic acids is 1. The van der Waals surface area contributed by atoms with Crippen molar-refractivity contribution in [3.63, 3.8) is 0 Å². The summed E-state index contributed by atoms with van der Waals surface area (Å²) in [6, 6.07) is 0. The lowest BCUT2D eigenvalue weighted by Gasteiger charge is -2.26. The molecule has 0 spiro atoms. The van der Waals surface area contributed by atoms with Gasteiger partial charge in [-0.2, -0.15) is 0 Å². The lowest BCUT2D eigenvalue weighted by Crippen LogP contribution is -2.51. The molecular formula is C16H32O5. The molecule has 3 N–H and O–H groups in total. The standard InChI is InChI=1S/C16H32O5/c1-4-6-7-8-9-10-11-12-14(17)16(19,20)15(18)21-13(3)5-2/h13-14,17,19-20H,4-12H2,1-3H3. The summed E-state index contributed by atoms with van der Waals surface area (Å²) in [5.74, 6) is -3.99. The Balaban J connectivity index is 3.96. The zero-order valence-corrected chi connectivity index (χ0v) is 13.7. The van der Waals surface area contributed by atoms with Crippen LogP contribution in [0, 0.1) is 0 Å². The smallest absolute Gasteiger partial charge is 0.369 e. The Labute approximate surface area is 128 Å². The van der Waals surface area contributed by atoms with Crippen LogP contribution >= 0.6 is 0 Å². The summed E-state index contributed by atoms with van der Waals surface area (Å²) in [5.41, 5.74) is 0. The molecule has 5 heteroatoms. The number of aliphatic hydroxyl groups excluding tert-OH is 1. The van der Waals surface area contributed by atoms with Gasteiger partial charge in [0, 0.05) is 0 Å². The van der Waals surface area contributed by atoms with Crippen molar-refractivity contribution in [1.82, 2.24) is 0 Å². The SMILES string of the molecule is CCCCCCCCCC(O)C(O)(O)C(=O)OC(C)CC. The van der Waals surface area contributed by atoms with Gasteiger partial charge in [0.15, 0.2) is 0 Å². The highest BCUT2D eigenvalue weighted by molar-refractivity contribution is 5.78. The van der Waals surface area contributed by atoms with Crippen molar-refractivity contribution in [1.29, 1.82) is 0 Å². The van der Waals surface area contributed by atoms with Gasteiger partial charge in [0.25, 0.3) is 5.79 Å². The topological polar surface area (TPSA) is 87.0 Å². The highest BCUT2D eigenvalue weighted by Gasteiger charge is 2.43. The number of carbonyl (C=O) groups is 1. The maximum absolute atomic E-state index is 11.6. The molecule has 0 aromatic heterocycles. The predicted molar refractivity (Wildman–Crippen MR) is 81.6 cm³/mol. The first-order valence-electron chi connectivity index (χ1n) is 8.20. The third-order valence-corrected chi connectivity index (χ3v) is 3.73. The van der Waals surface area contributed by atoms with Gasteiger partial charge in [0.1, 0.15) is 6.10 Å². The molecule has 0 amide bonds. The van der Waals surface area contributed by atoms with E-state index in [9.17, 15) is 20.1 Å². The Bertz CT molecular complexity index is 278. The van der Waals surface area contributed by atoms with E-state index in [1.807, 2.05) is 6.92 Å². The number of esters is 1. The van der Waals surface area contributed by atoms with E-state index < -0.39 is 24.0 Å². The molecular weight excluding hydrogens is 272 g/mol. The molecule has 0 saturated carbocycles. The van der Waals surface area contributed by atoms with E-state index in [-0.39, 0.29) is 6.42 Å². The summed E-state index contributed by atoms with van der Waals surface area (Å²) < 4.78 is 4.86. The average Bonchev–Trinajstić information content (AvgIpc) is 2.45. The number of aliphatic hydroxyl groups is 3. The van der Waals surface area contributed by atoms with Crippen LogP contribution in [0.3, 0.4) is 0 Å². The van der Waals surface area contributed by atoms with Gasteiger partial charge in [0.2, 0.25) is 0 Å². The van der Waals surface area contributed by atoms with E-state index in [4.69, 9.17) is 4.74 Å². The number of unbranched alkanes of at least 4 members (excludes halogenated alkanes) is 6. The van der Waals surface area contributed by atoms with Crippen LogP contribution in [-0.4, -0.2) is 39.3 Å². The largest absolute Gasteiger partial charge is 0.459 e. The molecule has 2 unspecified atom stereocenters. The summed E-state index contributed by atoms with van der Waals surface area (Å²) in [6.07, 6.45) is 6.29. The highest BCUT2D eigenvalue weighted by Crippen LogP contribution is 2.18. The third-order valence-electron chi connectivity index (χ3n) is 3.73. The molecule has 0 fully saturated rings. The zero-order chi connectivity index (χ0) is 16.3. The van der Waals surface area contributed by atoms with Gasteiger partial charge in [-0.25, -0.2) is 4.79 Å². The first kappa shape index (κ1) is 20.3. The molecule has 2 atom stereocenters. The number of rotatable bonds is 12. The van der Waals surface area contributed by atoms with Crippen LogP contribution in [0.4, 0.5) is 0 Å². The zero-order valence-electron chi connectivity index (χ0n) is 13.7. The van der Waals surface area contributed by atoms with Gasteiger partial charge in [-0.3, -0.25) is 0 Å². The van der Waals surface area contributed by atoms with Crippen LogP contribution in [0.25, 0.3) is 0 Å². The molecule has 0 aromatic rings. The van der Waals surface area contributed by atoms with Crippen molar-refractivity contribution in [3.8, 4) is 0 Å². The minimum Gasteiger partial charge on any atom is -0.459 e. The van der Waals surface area contributed by atoms with E-state index in [2.05, 4.69) is 6.92 Å². The van der Waals surface area contributed by atoms with Crippen LogP contribution in [-0.2, 0) is 9.53 Å². The Morgan fingerprint density at radius 2 is 1.57 bits per heavy atom. The number of hydrogen-bond donors (Lipinski definition) is 3. The lowest BCUT2D eigenvalue weighted by molar-refractivity contribution is -0.245. The minimum absolute atomic E-state index is 0.177. The van der Waals surface area contributed by atoms with Crippen LogP contribution in [0.1, 0.15) is 78.6 Å². The molecule has 126 valence electrons. The molecule has 5 nitrogen and oxygen atoms in total. The van der Waals surface area contributed by atoms with Crippen LogP contribution in [0.5, 0.6) is 0 Å². The van der Waals surface area contributed by atoms with Crippen molar-refractivity contribution in [2.75, 3.05) is 0 Å². The highest BCUT2D eigenvalue weighted by atomic mass is 16.6. The fourth-order valence-electron chi connectivity index (χ4n) is 1.98. The van der Waals surface area contributed by atoms with Crippen molar-refractivity contribution < 1.29 is 24.9 Å². The number of ether oxygens (including phenoxy) is 1. The quantitative estimate of drug-likeness (QED) is 0.293. The summed E-state index contributed by atoms with van der Waals surface area (Å²) >= 11 is 0. The van der Waals surface area contributed by atoms with Gasteiger partial charge in [-0.1, -0.05) is 58.8 Å². The minimum atomic E-state index is -2.81. The molecule has 0 aliphatic heterocycles.